The zero-order valence-electron chi connectivity index (χ0n) is 12.1. The number of halogens is 1. The maximum atomic E-state index is 12.0. The molecule has 1 aromatic carbocycles. The highest BCUT2D eigenvalue weighted by Gasteiger charge is 2.28. The Balaban J connectivity index is 0.00000176. The first-order chi connectivity index (χ1) is 10.1. The van der Waals surface area contributed by atoms with Gasteiger partial charge < -0.3 is 11.1 Å². The number of nitrogens with zero attached hydrogens (tertiary/aromatic N) is 2. The molecule has 1 unspecified atom stereocenters. The van der Waals surface area contributed by atoms with E-state index in [1.54, 1.807) is 18.2 Å². The van der Waals surface area contributed by atoms with Gasteiger partial charge in [-0.1, -0.05) is 12.1 Å². The summed E-state index contributed by atoms with van der Waals surface area (Å²) in [5.74, 6) is 0.407. The van der Waals surface area contributed by atoms with Crippen molar-refractivity contribution in [3.8, 4) is 0 Å². The van der Waals surface area contributed by atoms with Gasteiger partial charge in [0, 0.05) is 18.0 Å². The summed E-state index contributed by atoms with van der Waals surface area (Å²) < 4.78 is 1.54. The minimum atomic E-state index is -0.146. The fourth-order valence-corrected chi connectivity index (χ4v) is 2.40. The van der Waals surface area contributed by atoms with Gasteiger partial charge in [0.1, 0.15) is 6.54 Å². The van der Waals surface area contributed by atoms with Crippen molar-refractivity contribution < 1.29 is 4.79 Å². The molecule has 7 heteroatoms. The van der Waals surface area contributed by atoms with Crippen molar-refractivity contribution in [2.75, 3.05) is 6.54 Å². The molecule has 0 radical (unpaired) electrons. The lowest BCUT2D eigenvalue weighted by Crippen LogP contribution is -2.40. The lowest BCUT2D eigenvalue weighted by molar-refractivity contribution is -0.121. The number of hydrogen-bond acceptors (Lipinski definition) is 4. The molecule has 1 atom stereocenters. The molecule has 3 rings (SSSR count). The van der Waals surface area contributed by atoms with Gasteiger partial charge >= 0.3 is 0 Å². The van der Waals surface area contributed by atoms with Crippen LogP contribution in [0.3, 0.4) is 0 Å². The molecule has 0 bridgehead atoms. The predicted octanol–water partition coefficient (Wildman–Crippen LogP) is 0.672. The van der Waals surface area contributed by atoms with Crippen LogP contribution in [0.5, 0.6) is 0 Å². The van der Waals surface area contributed by atoms with E-state index in [9.17, 15) is 9.59 Å². The van der Waals surface area contributed by atoms with Crippen LogP contribution in [0, 0.1) is 5.92 Å². The molecule has 0 aliphatic heterocycles. The Labute approximate surface area is 134 Å². The topological polar surface area (TPSA) is 90.0 Å². The average Bonchev–Trinajstić information content (AvgIpc) is 3.33. The molecule has 1 saturated carbocycles. The van der Waals surface area contributed by atoms with Crippen LogP contribution in [-0.4, -0.2) is 28.3 Å². The number of aromatic nitrogens is 2. The van der Waals surface area contributed by atoms with Crippen LogP contribution in [0.2, 0.25) is 0 Å². The Morgan fingerprint density at radius 3 is 2.86 bits per heavy atom. The molecule has 1 fully saturated rings. The maximum Gasteiger partial charge on any atom is 0.241 e. The van der Waals surface area contributed by atoms with Crippen molar-refractivity contribution in [2.45, 2.75) is 25.4 Å². The quantitative estimate of drug-likeness (QED) is 0.846. The summed E-state index contributed by atoms with van der Waals surface area (Å²) in [4.78, 5) is 23.7. The van der Waals surface area contributed by atoms with Gasteiger partial charge in [0.15, 0.2) is 0 Å². The summed E-state index contributed by atoms with van der Waals surface area (Å²) in [6.45, 7) is 0.569. The SMILES string of the molecule is Cl.NC(CNC(=O)Cn1ncc(=O)c2ccccc21)C1CC1. The summed E-state index contributed by atoms with van der Waals surface area (Å²) in [5, 5.41) is 7.43. The van der Waals surface area contributed by atoms with Gasteiger partial charge in [0.25, 0.3) is 0 Å². The van der Waals surface area contributed by atoms with Crippen LogP contribution in [0.1, 0.15) is 12.8 Å². The molecular formula is C15H19ClN4O2. The van der Waals surface area contributed by atoms with Gasteiger partial charge in [-0.15, -0.1) is 12.4 Å². The van der Waals surface area contributed by atoms with E-state index in [1.165, 1.54) is 10.9 Å². The number of para-hydroxylation sites is 1. The molecule has 2 aromatic rings. The van der Waals surface area contributed by atoms with Crippen molar-refractivity contribution in [2.24, 2.45) is 11.7 Å². The molecule has 1 aliphatic carbocycles. The van der Waals surface area contributed by atoms with Gasteiger partial charge in [-0.25, -0.2) is 0 Å². The molecule has 0 saturated heterocycles. The number of amides is 1. The minimum absolute atomic E-state index is 0. The van der Waals surface area contributed by atoms with Crippen molar-refractivity contribution in [1.29, 1.82) is 0 Å². The number of nitrogens with one attached hydrogen (secondary N) is 1. The van der Waals surface area contributed by atoms with E-state index in [2.05, 4.69) is 10.4 Å². The summed E-state index contributed by atoms with van der Waals surface area (Å²) in [7, 11) is 0. The van der Waals surface area contributed by atoms with E-state index in [0.717, 1.165) is 12.8 Å². The standard InChI is InChI=1S/C15H18N4O2.ClH/c16-12(10-5-6-10)7-17-15(21)9-19-13-4-2-1-3-11(13)14(20)8-18-19;/h1-4,8,10,12H,5-7,9,16H2,(H,17,21);1H. The Morgan fingerprint density at radius 1 is 1.41 bits per heavy atom. The molecule has 1 heterocycles. The van der Waals surface area contributed by atoms with Crippen LogP contribution in [0.4, 0.5) is 0 Å². The van der Waals surface area contributed by atoms with Gasteiger partial charge in [-0.2, -0.15) is 5.10 Å². The normalized spacial score (nSPS) is 15.1. The van der Waals surface area contributed by atoms with Crippen LogP contribution < -0.4 is 16.5 Å². The highest BCUT2D eigenvalue weighted by molar-refractivity contribution is 5.85. The number of carbonyl (C=O) groups is 1. The summed E-state index contributed by atoms with van der Waals surface area (Å²) >= 11 is 0. The van der Waals surface area contributed by atoms with Crippen molar-refractivity contribution in [3.05, 3.63) is 40.7 Å². The van der Waals surface area contributed by atoms with Crippen molar-refractivity contribution in [1.82, 2.24) is 15.1 Å². The smallest absolute Gasteiger partial charge is 0.241 e. The molecule has 0 spiro atoms. The third-order valence-corrected chi connectivity index (χ3v) is 3.82. The average molecular weight is 323 g/mol. The van der Waals surface area contributed by atoms with Gasteiger partial charge in [0.05, 0.1) is 11.7 Å². The monoisotopic (exact) mass is 322 g/mol. The first-order valence-electron chi connectivity index (χ1n) is 7.12. The lowest BCUT2D eigenvalue weighted by atomic mass is 10.2. The second kappa shape index (κ2) is 6.89. The third kappa shape index (κ3) is 3.64. The number of benzene rings is 1. The molecule has 1 aliphatic rings. The van der Waals surface area contributed by atoms with E-state index in [1.807, 2.05) is 6.07 Å². The number of rotatable bonds is 5. The van der Waals surface area contributed by atoms with Crippen LogP contribution in [-0.2, 0) is 11.3 Å². The van der Waals surface area contributed by atoms with E-state index in [4.69, 9.17) is 5.73 Å². The van der Waals surface area contributed by atoms with Gasteiger partial charge in [-0.3, -0.25) is 14.3 Å². The summed E-state index contributed by atoms with van der Waals surface area (Å²) in [5.41, 5.74) is 6.47. The molecule has 3 N–H and O–H groups in total. The highest BCUT2D eigenvalue weighted by atomic mass is 35.5. The third-order valence-electron chi connectivity index (χ3n) is 3.82. The number of hydrogen-bond donors (Lipinski definition) is 2. The molecule has 1 aromatic heterocycles. The van der Waals surface area contributed by atoms with E-state index >= 15 is 0 Å². The molecule has 22 heavy (non-hydrogen) atoms. The Hall–Kier alpha value is -1.92. The Morgan fingerprint density at radius 2 is 2.14 bits per heavy atom. The van der Waals surface area contributed by atoms with Crippen LogP contribution in [0.25, 0.3) is 10.9 Å². The highest BCUT2D eigenvalue weighted by Crippen LogP contribution is 2.31. The summed E-state index contributed by atoms with van der Waals surface area (Å²) in [6.07, 6.45) is 3.55. The fraction of sp³-hybridized carbons (Fsp3) is 0.400. The maximum absolute atomic E-state index is 12.0. The predicted molar refractivity (Wildman–Crippen MR) is 87.0 cm³/mol. The number of nitrogens with two attached hydrogens (primary N) is 1. The van der Waals surface area contributed by atoms with Crippen molar-refractivity contribution in [3.63, 3.8) is 0 Å². The van der Waals surface area contributed by atoms with E-state index < -0.39 is 0 Å². The molecular weight excluding hydrogens is 304 g/mol. The minimum Gasteiger partial charge on any atom is -0.353 e. The largest absolute Gasteiger partial charge is 0.353 e. The zero-order valence-corrected chi connectivity index (χ0v) is 12.9. The van der Waals surface area contributed by atoms with Crippen LogP contribution >= 0.6 is 12.4 Å². The van der Waals surface area contributed by atoms with Crippen molar-refractivity contribution >= 4 is 29.2 Å². The molecule has 1 amide bonds. The number of carbonyl (C=O) groups excluding carboxylic acids is 1. The second-order valence-corrected chi connectivity index (χ2v) is 5.49. The van der Waals surface area contributed by atoms with Gasteiger partial charge in [-0.05, 0) is 30.9 Å². The number of fused-ring (bicyclic) bond motifs is 1. The van der Waals surface area contributed by atoms with Gasteiger partial charge in [0.2, 0.25) is 11.3 Å². The Kier molecular flexibility index (Phi) is 5.15. The second-order valence-electron chi connectivity index (χ2n) is 5.49. The first-order valence-corrected chi connectivity index (χ1v) is 7.12. The Bertz CT molecular complexity index is 727. The molecule has 118 valence electrons. The zero-order chi connectivity index (χ0) is 14.8. The lowest BCUT2D eigenvalue weighted by Gasteiger charge is -2.13. The fourth-order valence-electron chi connectivity index (χ4n) is 2.40. The molecule has 6 nitrogen and oxygen atoms in total. The van der Waals surface area contributed by atoms with E-state index in [-0.39, 0.29) is 36.3 Å². The first kappa shape index (κ1) is 16.5. The summed E-state index contributed by atoms with van der Waals surface area (Å²) in [6, 6.07) is 7.17. The van der Waals surface area contributed by atoms with E-state index in [0.29, 0.717) is 23.4 Å². The van der Waals surface area contributed by atoms with Crippen LogP contribution in [0.15, 0.2) is 35.3 Å².